The molecule has 1 aliphatic carbocycles. The highest BCUT2D eigenvalue weighted by Crippen LogP contribution is 2.38. The molecule has 1 fully saturated rings. The zero-order chi connectivity index (χ0) is 15.5. The first-order valence-corrected chi connectivity index (χ1v) is 7.95. The molecule has 21 heavy (non-hydrogen) atoms. The van der Waals surface area contributed by atoms with E-state index in [9.17, 15) is 0 Å². The van der Waals surface area contributed by atoms with E-state index in [4.69, 9.17) is 0 Å². The molecule has 1 atom stereocenters. The van der Waals surface area contributed by atoms with Crippen LogP contribution in [0.1, 0.15) is 47.0 Å². The fourth-order valence-corrected chi connectivity index (χ4v) is 2.94. The number of nitrogens with zero attached hydrogens (tertiary/aromatic N) is 4. The number of rotatable bonds is 6. The van der Waals surface area contributed by atoms with Crippen molar-refractivity contribution >= 4 is 17.8 Å². The maximum absolute atomic E-state index is 4.61. The molecule has 1 unspecified atom stereocenters. The Labute approximate surface area is 127 Å². The van der Waals surface area contributed by atoms with Crippen LogP contribution in [0.15, 0.2) is 0 Å². The van der Waals surface area contributed by atoms with Crippen molar-refractivity contribution in [3.05, 3.63) is 0 Å². The molecule has 0 saturated heterocycles. The fourth-order valence-electron chi connectivity index (χ4n) is 2.94. The highest BCUT2D eigenvalue weighted by molar-refractivity contribution is 5.44. The van der Waals surface area contributed by atoms with Gasteiger partial charge in [-0.2, -0.15) is 15.0 Å². The van der Waals surface area contributed by atoms with Crippen LogP contribution < -0.4 is 15.5 Å². The Morgan fingerprint density at radius 3 is 2.33 bits per heavy atom. The van der Waals surface area contributed by atoms with Crippen LogP contribution in [0, 0.1) is 5.41 Å². The van der Waals surface area contributed by atoms with Gasteiger partial charge in [0.2, 0.25) is 17.8 Å². The van der Waals surface area contributed by atoms with Crippen LogP contribution in [0.25, 0.3) is 0 Å². The van der Waals surface area contributed by atoms with Crippen LogP contribution in [-0.4, -0.2) is 41.1 Å². The van der Waals surface area contributed by atoms with Gasteiger partial charge in [0.25, 0.3) is 0 Å². The van der Waals surface area contributed by atoms with E-state index in [0.29, 0.717) is 23.4 Å². The SMILES string of the molecule is CCN(CC)c1nc(NC)nc(NC2CCCC2(C)C)n1. The van der Waals surface area contributed by atoms with Crippen molar-refractivity contribution in [3.63, 3.8) is 0 Å². The van der Waals surface area contributed by atoms with Crippen molar-refractivity contribution in [1.29, 1.82) is 0 Å². The molecule has 1 aliphatic rings. The van der Waals surface area contributed by atoms with E-state index in [2.05, 4.69) is 58.2 Å². The van der Waals surface area contributed by atoms with E-state index in [1.54, 1.807) is 0 Å². The van der Waals surface area contributed by atoms with Crippen LogP contribution in [0.3, 0.4) is 0 Å². The second-order valence-electron chi connectivity index (χ2n) is 6.28. The topological polar surface area (TPSA) is 66.0 Å². The van der Waals surface area contributed by atoms with E-state index >= 15 is 0 Å². The van der Waals surface area contributed by atoms with Gasteiger partial charge in [-0.15, -0.1) is 0 Å². The van der Waals surface area contributed by atoms with E-state index in [1.807, 2.05) is 7.05 Å². The Balaban J connectivity index is 2.24. The molecular formula is C15H28N6. The molecule has 1 heterocycles. The van der Waals surface area contributed by atoms with Crippen molar-refractivity contribution in [3.8, 4) is 0 Å². The van der Waals surface area contributed by atoms with Crippen LogP contribution >= 0.6 is 0 Å². The number of aromatic nitrogens is 3. The molecule has 2 N–H and O–H groups in total. The largest absolute Gasteiger partial charge is 0.357 e. The minimum atomic E-state index is 0.293. The van der Waals surface area contributed by atoms with Gasteiger partial charge in [-0.25, -0.2) is 0 Å². The Morgan fingerprint density at radius 2 is 1.81 bits per heavy atom. The Bertz CT molecular complexity index is 469. The van der Waals surface area contributed by atoms with E-state index < -0.39 is 0 Å². The van der Waals surface area contributed by atoms with Crippen LogP contribution in [0.5, 0.6) is 0 Å². The summed E-state index contributed by atoms with van der Waals surface area (Å²) in [6.07, 6.45) is 3.68. The summed E-state index contributed by atoms with van der Waals surface area (Å²) in [5.41, 5.74) is 0.293. The molecule has 0 aliphatic heterocycles. The summed E-state index contributed by atoms with van der Waals surface area (Å²) in [5, 5.41) is 6.55. The first-order chi connectivity index (χ1) is 10.00. The molecular weight excluding hydrogens is 264 g/mol. The normalized spacial score (nSPS) is 20.3. The minimum Gasteiger partial charge on any atom is -0.357 e. The molecule has 0 amide bonds. The maximum Gasteiger partial charge on any atom is 0.231 e. The van der Waals surface area contributed by atoms with Crippen molar-refractivity contribution < 1.29 is 0 Å². The van der Waals surface area contributed by atoms with Crippen molar-refractivity contribution in [2.75, 3.05) is 35.7 Å². The lowest BCUT2D eigenvalue weighted by Gasteiger charge is -2.28. The number of hydrogen-bond donors (Lipinski definition) is 2. The Kier molecular flexibility index (Phi) is 4.85. The molecule has 1 aromatic heterocycles. The highest BCUT2D eigenvalue weighted by atomic mass is 15.3. The lowest BCUT2D eigenvalue weighted by atomic mass is 9.87. The lowest BCUT2D eigenvalue weighted by Crippen LogP contribution is -2.32. The Morgan fingerprint density at radius 1 is 1.14 bits per heavy atom. The third-order valence-corrected chi connectivity index (χ3v) is 4.45. The standard InChI is InChI=1S/C15H28N6/c1-6-21(7-2)14-19-12(16-5)18-13(20-14)17-11-9-8-10-15(11,3)4/h11H,6-10H2,1-5H3,(H2,16,17,18,19,20). The van der Waals surface area contributed by atoms with Gasteiger partial charge >= 0.3 is 0 Å². The van der Waals surface area contributed by atoms with Gasteiger partial charge in [-0.1, -0.05) is 20.3 Å². The zero-order valence-corrected chi connectivity index (χ0v) is 13.9. The summed E-state index contributed by atoms with van der Waals surface area (Å²) in [6, 6.07) is 0.425. The van der Waals surface area contributed by atoms with Gasteiger partial charge < -0.3 is 15.5 Å². The molecule has 2 rings (SSSR count). The summed E-state index contributed by atoms with van der Waals surface area (Å²) in [4.78, 5) is 15.7. The molecule has 6 nitrogen and oxygen atoms in total. The summed E-state index contributed by atoms with van der Waals surface area (Å²) < 4.78 is 0. The molecule has 0 radical (unpaired) electrons. The summed E-state index contributed by atoms with van der Waals surface area (Å²) in [7, 11) is 1.84. The van der Waals surface area contributed by atoms with Crippen LogP contribution in [-0.2, 0) is 0 Å². The summed E-state index contributed by atoms with van der Waals surface area (Å²) in [5.74, 6) is 2.03. The zero-order valence-electron chi connectivity index (χ0n) is 13.9. The molecule has 1 saturated carbocycles. The smallest absolute Gasteiger partial charge is 0.231 e. The molecule has 0 bridgehead atoms. The van der Waals surface area contributed by atoms with Gasteiger partial charge in [0.05, 0.1) is 0 Å². The number of nitrogens with one attached hydrogen (secondary N) is 2. The summed E-state index contributed by atoms with van der Waals surface area (Å²) >= 11 is 0. The Hall–Kier alpha value is -1.59. The van der Waals surface area contributed by atoms with Gasteiger partial charge in [0, 0.05) is 26.2 Å². The van der Waals surface area contributed by atoms with Crippen molar-refractivity contribution in [1.82, 2.24) is 15.0 Å². The first kappa shape index (κ1) is 15.8. The van der Waals surface area contributed by atoms with Crippen molar-refractivity contribution in [2.24, 2.45) is 5.41 Å². The minimum absolute atomic E-state index is 0.293. The molecule has 6 heteroatoms. The van der Waals surface area contributed by atoms with Gasteiger partial charge in [-0.3, -0.25) is 0 Å². The van der Waals surface area contributed by atoms with Crippen molar-refractivity contribution in [2.45, 2.75) is 53.0 Å². The van der Waals surface area contributed by atoms with E-state index in [-0.39, 0.29) is 0 Å². The van der Waals surface area contributed by atoms with Gasteiger partial charge in [-0.05, 0) is 32.1 Å². The average molecular weight is 292 g/mol. The van der Waals surface area contributed by atoms with Crippen LogP contribution in [0.4, 0.5) is 17.8 Å². The first-order valence-electron chi connectivity index (χ1n) is 7.95. The lowest BCUT2D eigenvalue weighted by molar-refractivity contribution is 0.349. The molecule has 1 aromatic rings. The number of anilines is 3. The molecule has 0 spiro atoms. The molecule has 0 aromatic carbocycles. The predicted molar refractivity (Wildman–Crippen MR) is 88.0 cm³/mol. The molecule has 118 valence electrons. The number of hydrogen-bond acceptors (Lipinski definition) is 6. The van der Waals surface area contributed by atoms with E-state index in [0.717, 1.165) is 19.0 Å². The van der Waals surface area contributed by atoms with E-state index in [1.165, 1.54) is 19.3 Å². The average Bonchev–Trinajstić information content (AvgIpc) is 2.79. The second-order valence-corrected chi connectivity index (χ2v) is 6.28. The van der Waals surface area contributed by atoms with Crippen LogP contribution in [0.2, 0.25) is 0 Å². The quantitative estimate of drug-likeness (QED) is 0.840. The predicted octanol–water partition coefficient (Wildman–Crippen LogP) is 2.75. The maximum atomic E-state index is 4.61. The third-order valence-electron chi connectivity index (χ3n) is 4.45. The third kappa shape index (κ3) is 3.54. The van der Waals surface area contributed by atoms with Gasteiger partial charge in [0.15, 0.2) is 0 Å². The van der Waals surface area contributed by atoms with Gasteiger partial charge in [0.1, 0.15) is 0 Å². The second kappa shape index (κ2) is 6.45. The monoisotopic (exact) mass is 292 g/mol. The summed E-state index contributed by atoms with van der Waals surface area (Å²) in [6.45, 7) is 10.6. The fraction of sp³-hybridized carbons (Fsp3) is 0.800. The highest BCUT2D eigenvalue weighted by Gasteiger charge is 2.35.